The van der Waals surface area contributed by atoms with Crippen LogP contribution >= 0.6 is 0 Å². The molecule has 1 N–H and O–H groups in total. The second-order valence-electron chi connectivity index (χ2n) is 4.88. The maximum absolute atomic E-state index is 10.2. The van der Waals surface area contributed by atoms with Crippen molar-refractivity contribution in [1.82, 2.24) is 4.90 Å². The van der Waals surface area contributed by atoms with Crippen LogP contribution in [0.25, 0.3) is 0 Å². The number of rotatable bonds is 5. The van der Waals surface area contributed by atoms with Crippen LogP contribution in [0.3, 0.4) is 0 Å². The number of fused-ring (bicyclic) bond motifs is 1. The van der Waals surface area contributed by atoms with Gasteiger partial charge >= 0.3 is 0 Å². The van der Waals surface area contributed by atoms with E-state index in [9.17, 15) is 5.11 Å². The monoisotopic (exact) mass is 233 g/mol. The van der Waals surface area contributed by atoms with Gasteiger partial charge in [0.2, 0.25) is 0 Å². The minimum Gasteiger partial charge on any atom is -0.387 e. The van der Waals surface area contributed by atoms with E-state index in [2.05, 4.69) is 36.9 Å². The minimum absolute atomic E-state index is 0.346. The smallest absolute Gasteiger partial charge is 0.0917 e. The lowest BCUT2D eigenvalue weighted by atomic mass is 10.0. The topological polar surface area (TPSA) is 23.5 Å². The second kappa shape index (κ2) is 5.65. The van der Waals surface area contributed by atoms with Crippen LogP contribution < -0.4 is 0 Å². The summed E-state index contributed by atoms with van der Waals surface area (Å²) in [4.78, 5) is 2.26. The summed E-state index contributed by atoms with van der Waals surface area (Å²) in [5.74, 6) is 0. The van der Waals surface area contributed by atoms with E-state index >= 15 is 0 Å². The van der Waals surface area contributed by atoms with Gasteiger partial charge in [-0.25, -0.2) is 0 Å². The first-order valence-electron chi connectivity index (χ1n) is 6.76. The van der Waals surface area contributed by atoms with Crippen LogP contribution in [0.15, 0.2) is 18.2 Å². The Kier molecular flexibility index (Phi) is 4.19. The zero-order valence-electron chi connectivity index (χ0n) is 10.9. The van der Waals surface area contributed by atoms with E-state index < -0.39 is 0 Å². The van der Waals surface area contributed by atoms with Crippen LogP contribution in [-0.2, 0) is 12.8 Å². The van der Waals surface area contributed by atoms with E-state index in [1.165, 1.54) is 30.4 Å². The first-order chi connectivity index (χ1) is 8.24. The summed E-state index contributed by atoms with van der Waals surface area (Å²) in [7, 11) is 0. The van der Waals surface area contributed by atoms with Gasteiger partial charge in [-0.2, -0.15) is 0 Å². The Labute approximate surface area is 104 Å². The second-order valence-corrected chi connectivity index (χ2v) is 4.88. The van der Waals surface area contributed by atoms with Gasteiger partial charge in [-0.15, -0.1) is 0 Å². The summed E-state index contributed by atoms with van der Waals surface area (Å²) in [6.07, 6.45) is 3.31. The number of hydrogen-bond acceptors (Lipinski definition) is 2. The normalized spacial score (nSPS) is 16.2. The molecule has 17 heavy (non-hydrogen) atoms. The van der Waals surface area contributed by atoms with Gasteiger partial charge in [-0.05, 0) is 49.0 Å². The van der Waals surface area contributed by atoms with E-state index in [1.807, 2.05) is 0 Å². The number of aliphatic hydroxyl groups excluding tert-OH is 1. The molecule has 1 aromatic rings. The summed E-state index contributed by atoms with van der Waals surface area (Å²) in [6.45, 7) is 7.01. The average molecular weight is 233 g/mol. The lowest BCUT2D eigenvalue weighted by Gasteiger charge is -2.22. The van der Waals surface area contributed by atoms with E-state index in [1.54, 1.807) is 0 Å². The maximum Gasteiger partial charge on any atom is 0.0917 e. The van der Waals surface area contributed by atoms with Crippen LogP contribution in [0.2, 0.25) is 0 Å². The third kappa shape index (κ3) is 2.88. The number of aliphatic hydroxyl groups is 1. The Morgan fingerprint density at radius 1 is 1.18 bits per heavy atom. The molecule has 0 radical (unpaired) electrons. The van der Waals surface area contributed by atoms with Gasteiger partial charge in [-0.3, -0.25) is 0 Å². The Balaban J connectivity index is 2.06. The fourth-order valence-corrected chi connectivity index (χ4v) is 2.63. The highest BCUT2D eigenvalue weighted by molar-refractivity contribution is 5.36. The molecule has 0 amide bonds. The van der Waals surface area contributed by atoms with Crippen molar-refractivity contribution in [1.29, 1.82) is 0 Å². The molecular formula is C15H23NO. The van der Waals surface area contributed by atoms with Gasteiger partial charge in [0, 0.05) is 6.54 Å². The van der Waals surface area contributed by atoms with Gasteiger partial charge in [0.15, 0.2) is 0 Å². The Bertz CT molecular complexity index is 371. The first kappa shape index (κ1) is 12.6. The molecule has 1 aliphatic rings. The van der Waals surface area contributed by atoms with Crippen molar-refractivity contribution in [2.45, 2.75) is 39.2 Å². The molecular weight excluding hydrogens is 210 g/mol. The lowest BCUT2D eigenvalue weighted by Crippen LogP contribution is -2.28. The lowest BCUT2D eigenvalue weighted by molar-refractivity contribution is 0.119. The van der Waals surface area contributed by atoms with Crippen LogP contribution in [0.5, 0.6) is 0 Å². The zero-order chi connectivity index (χ0) is 12.3. The third-order valence-corrected chi connectivity index (χ3v) is 3.83. The molecule has 1 aromatic carbocycles. The van der Waals surface area contributed by atoms with E-state index in [-0.39, 0.29) is 6.10 Å². The standard InChI is InChI=1S/C15H23NO/c1-3-16(4-2)11-15(17)14-9-8-12-6-5-7-13(12)10-14/h8-10,15,17H,3-7,11H2,1-2H3. The molecule has 2 nitrogen and oxygen atoms in total. The SMILES string of the molecule is CCN(CC)CC(O)c1ccc2c(c1)CCC2. The average Bonchev–Trinajstić information content (AvgIpc) is 2.82. The summed E-state index contributed by atoms with van der Waals surface area (Å²) < 4.78 is 0. The van der Waals surface area contributed by atoms with Crippen molar-refractivity contribution in [3.8, 4) is 0 Å². The van der Waals surface area contributed by atoms with Crippen LogP contribution in [0, 0.1) is 0 Å². The molecule has 0 spiro atoms. The van der Waals surface area contributed by atoms with Crippen molar-refractivity contribution >= 4 is 0 Å². The minimum atomic E-state index is -0.346. The molecule has 0 saturated heterocycles. The number of hydrogen-bond donors (Lipinski definition) is 1. The molecule has 1 atom stereocenters. The molecule has 2 rings (SSSR count). The first-order valence-corrected chi connectivity index (χ1v) is 6.76. The molecule has 0 bridgehead atoms. The molecule has 1 unspecified atom stereocenters. The highest BCUT2D eigenvalue weighted by Gasteiger charge is 2.15. The highest BCUT2D eigenvalue weighted by atomic mass is 16.3. The third-order valence-electron chi connectivity index (χ3n) is 3.83. The molecule has 0 fully saturated rings. The van der Waals surface area contributed by atoms with E-state index in [4.69, 9.17) is 0 Å². The fraction of sp³-hybridized carbons (Fsp3) is 0.600. The summed E-state index contributed by atoms with van der Waals surface area (Å²) in [5, 5.41) is 10.2. The molecule has 94 valence electrons. The molecule has 1 aliphatic carbocycles. The quantitative estimate of drug-likeness (QED) is 0.845. The molecule has 0 saturated carbocycles. The van der Waals surface area contributed by atoms with Crippen LogP contribution in [0.4, 0.5) is 0 Å². The number of likely N-dealkylation sites (N-methyl/N-ethyl adjacent to an activating group) is 1. The van der Waals surface area contributed by atoms with Gasteiger partial charge in [0.25, 0.3) is 0 Å². The molecule has 2 heteroatoms. The van der Waals surface area contributed by atoms with Crippen molar-refractivity contribution in [3.05, 3.63) is 34.9 Å². The predicted octanol–water partition coefficient (Wildman–Crippen LogP) is 2.55. The van der Waals surface area contributed by atoms with Crippen molar-refractivity contribution < 1.29 is 5.11 Å². The van der Waals surface area contributed by atoms with Crippen molar-refractivity contribution in [2.75, 3.05) is 19.6 Å². The van der Waals surface area contributed by atoms with E-state index in [0.29, 0.717) is 0 Å². The van der Waals surface area contributed by atoms with Gasteiger partial charge in [0.05, 0.1) is 6.10 Å². The number of aryl methyl sites for hydroxylation is 2. The fourth-order valence-electron chi connectivity index (χ4n) is 2.63. The van der Waals surface area contributed by atoms with Gasteiger partial charge in [0.1, 0.15) is 0 Å². The summed E-state index contributed by atoms with van der Waals surface area (Å²) in [6, 6.07) is 6.50. The molecule has 0 aliphatic heterocycles. The van der Waals surface area contributed by atoms with Gasteiger partial charge < -0.3 is 10.0 Å². The zero-order valence-corrected chi connectivity index (χ0v) is 10.9. The number of benzene rings is 1. The largest absolute Gasteiger partial charge is 0.387 e. The Morgan fingerprint density at radius 2 is 1.88 bits per heavy atom. The van der Waals surface area contributed by atoms with E-state index in [0.717, 1.165) is 25.2 Å². The van der Waals surface area contributed by atoms with Crippen molar-refractivity contribution in [3.63, 3.8) is 0 Å². The van der Waals surface area contributed by atoms with Gasteiger partial charge in [-0.1, -0.05) is 32.0 Å². The molecule has 0 heterocycles. The maximum atomic E-state index is 10.2. The Hall–Kier alpha value is -0.860. The van der Waals surface area contributed by atoms with Crippen molar-refractivity contribution in [2.24, 2.45) is 0 Å². The number of nitrogens with zero attached hydrogens (tertiary/aromatic N) is 1. The predicted molar refractivity (Wildman–Crippen MR) is 71.2 cm³/mol. The molecule has 0 aromatic heterocycles. The Morgan fingerprint density at radius 3 is 2.59 bits per heavy atom. The summed E-state index contributed by atoms with van der Waals surface area (Å²) in [5.41, 5.74) is 4.00. The van der Waals surface area contributed by atoms with Crippen LogP contribution in [0.1, 0.15) is 43.1 Å². The highest BCUT2D eigenvalue weighted by Crippen LogP contribution is 2.25. The van der Waals surface area contributed by atoms with Crippen LogP contribution in [-0.4, -0.2) is 29.6 Å². The summed E-state index contributed by atoms with van der Waals surface area (Å²) >= 11 is 0.